The largest absolute Gasteiger partial charge is 0.0528 e. The molecular formula is C11H19. The van der Waals surface area contributed by atoms with Crippen LogP contribution in [0.25, 0.3) is 0 Å². The van der Waals surface area contributed by atoms with Gasteiger partial charge in [0.15, 0.2) is 0 Å². The fourth-order valence-corrected chi connectivity index (χ4v) is 2.91. The molecule has 0 unspecified atom stereocenters. The van der Waals surface area contributed by atoms with Crippen LogP contribution in [-0.2, 0) is 0 Å². The van der Waals surface area contributed by atoms with Crippen molar-refractivity contribution in [3.8, 4) is 0 Å². The zero-order chi connectivity index (χ0) is 7.73. The summed E-state index contributed by atoms with van der Waals surface area (Å²) in [5, 5.41) is 0. The number of hydrogen-bond donors (Lipinski definition) is 0. The predicted octanol–water partition coefficient (Wildman–Crippen LogP) is 3.57. The van der Waals surface area contributed by atoms with Crippen LogP contribution in [0.4, 0.5) is 0 Å². The lowest BCUT2D eigenvalue weighted by Gasteiger charge is -2.35. The summed E-state index contributed by atoms with van der Waals surface area (Å²) >= 11 is 0. The van der Waals surface area contributed by atoms with Crippen molar-refractivity contribution in [2.75, 3.05) is 0 Å². The van der Waals surface area contributed by atoms with Gasteiger partial charge in [-0.1, -0.05) is 19.8 Å². The highest BCUT2D eigenvalue weighted by atomic mass is 14.4. The number of rotatable bonds is 0. The Kier molecular flexibility index (Phi) is 1.95. The summed E-state index contributed by atoms with van der Waals surface area (Å²) in [6.07, 6.45) is 11.8. The Hall–Kier alpha value is 0. The summed E-state index contributed by atoms with van der Waals surface area (Å²) in [4.78, 5) is 0. The second kappa shape index (κ2) is 2.80. The van der Waals surface area contributed by atoms with Crippen LogP contribution in [0.3, 0.4) is 0 Å². The molecule has 2 aliphatic rings. The van der Waals surface area contributed by atoms with E-state index >= 15 is 0 Å². The summed E-state index contributed by atoms with van der Waals surface area (Å²) in [5.41, 5.74) is 0.814. The molecule has 0 aromatic rings. The maximum atomic E-state index is 4.15. The van der Waals surface area contributed by atoms with E-state index in [-0.39, 0.29) is 0 Å². The quantitative estimate of drug-likeness (QED) is 0.496. The number of hydrogen-bond acceptors (Lipinski definition) is 0. The summed E-state index contributed by atoms with van der Waals surface area (Å²) in [7, 11) is 0. The van der Waals surface area contributed by atoms with E-state index in [0.717, 1.165) is 11.3 Å². The van der Waals surface area contributed by atoms with Gasteiger partial charge in [0.2, 0.25) is 0 Å². The highest BCUT2D eigenvalue weighted by molar-refractivity contribution is 4.89. The highest BCUT2D eigenvalue weighted by Gasteiger charge is 2.36. The highest BCUT2D eigenvalue weighted by Crippen LogP contribution is 2.49. The minimum absolute atomic E-state index is 0.779. The minimum atomic E-state index is 0.779. The molecule has 1 spiro atoms. The van der Waals surface area contributed by atoms with Gasteiger partial charge in [0.1, 0.15) is 0 Å². The molecule has 0 aromatic carbocycles. The van der Waals surface area contributed by atoms with E-state index in [1.807, 2.05) is 0 Å². The van der Waals surface area contributed by atoms with Gasteiger partial charge in [0.05, 0.1) is 0 Å². The molecule has 2 saturated carbocycles. The molecule has 63 valence electrons. The van der Waals surface area contributed by atoms with E-state index in [4.69, 9.17) is 0 Å². The molecule has 2 rings (SSSR count). The lowest BCUT2D eigenvalue weighted by Crippen LogP contribution is -2.23. The van der Waals surface area contributed by atoms with Crippen LogP contribution in [0, 0.1) is 18.3 Å². The van der Waals surface area contributed by atoms with E-state index < -0.39 is 0 Å². The van der Waals surface area contributed by atoms with E-state index in [0.29, 0.717) is 0 Å². The first-order valence-corrected chi connectivity index (χ1v) is 5.14. The predicted molar refractivity (Wildman–Crippen MR) is 48.2 cm³/mol. The van der Waals surface area contributed by atoms with Gasteiger partial charge in [0, 0.05) is 0 Å². The van der Waals surface area contributed by atoms with E-state index in [9.17, 15) is 0 Å². The molecule has 0 heteroatoms. The van der Waals surface area contributed by atoms with Gasteiger partial charge in [-0.2, -0.15) is 0 Å². The molecule has 2 aliphatic carbocycles. The smallest absolute Gasteiger partial charge is 0.0297 e. The molecule has 0 heterocycles. The zero-order valence-corrected chi connectivity index (χ0v) is 7.44. The first-order valence-electron chi connectivity index (χ1n) is 5.14. The third kappa shape index (κ3) is 1.45. The normalized spacial score (nSPS) is 31.4. The van der Waals surface area contributed by atoms with Gasteiger partial charge in [-0.3, -0.25) is 0 Å². The lowest BCUT2D eigenvalue weighted by atomic mass is 9.70. The second-order valence-electron chi connectivity index (χ2n) is 4.65. The Morgan fingerprint density at radius 3 is 2.00 bits per heavy atom. The van der Waals surface area contributed by atoms with Crippen molar-refractivity contribution in [2.45, 2.75) is 51.4 Å². The molecule has 0 saturated heterocycles. The van der Waals surface area contributed by atoms with Crippen LogP contribution >= 0.6 is 0 Å². The topological polar surface area (TPSA) is 0 Å². The van der Waals surface area contributed by atoms with Crippen LogP contribution in [0.5, 0.6) is 0 Å². The molecule has 0 aromatic heterocycles. The molecule has 0 nitrogen and oxygen atoms in total. The van der Waals surface area contributed by atoms with Crippen molar-refractivity contribution >= 4 is 0 Å². The van der Waals surface area contributed by atoms with Gasteiger partial charge in [-0.15, -0.1) is 0 Å². The minimum Gasteiger partial charge on any atom is -0.0528 e. The average molecular weight is 151 g/mol. The molecule has 0 atom stereocenters. The van der Waals surface area contributed by atoms with Crippen LogP contribution in [0.1, 0.15) is 51.4 Å². The average Bonchev–Trinajstić information content (AvgIpc) is 2.45. The van der Waals surface area contributed by atoms with Crippen molar-refractivity contribution in [1.29, 1.82) is 0 Å². The standard InChI is InChI=1S/C11H19/c1-10-4-8-11(9-5-10)6-2-3-7-11/h10H,1-9H2. The summed E-state index contributed by atoms with van der Waals surface area (Å²) in [5.74, 6) is 0.779. The first-order chi connectivity index (χ1) is 5.31. The van der Waals surface area contributed by atoms with Crippen molar-refractivity contribution in [2.24, 2.45) is 11.3 Å². The molecule has 0 bridgehead atoms. The summed E-state index contributed by atoms with van der Waals surface area (Å²) in [6.45, 7) is 4.15. The molecular weight excluding hydrogens is 132 g/mol. The van der Waals surface area contributed by atoms with E-state index in [1.54, 1.807) is 0 Å². The van der Waals surface area contributed by atoms with Gasteiger partial charge >= 0.3 is 0 Å². The first kappa shape index (κ1) is 7.64. The zero-order valence-electron chi connectivity index (χ0n) is 7.44. The van der Waals surface area contributed by atoms with Gasteiger partial charge in [-0.25, -0.2) is 0 Å². The van der Waals surface area contributed by atoms with Crippen molar-refractivity contribution in [3.05, 3.63) is 6.92 Å². The Balaban J connectivity index is 1.94. The molecule has 1 radical (unpaired) electrons. The third-order valence-electron chi connectivity index (χ3n) is 3.83. The van der Waals surface area contributed by atoms with Crippen LogP contribution in [0.2, 0.25) is 0 Å². The monoisotopic (exact) mass is 151 g/mol. The third-order valence-corrected chi connectivity index (χ3v) is 3.83. The van der Waals surface area contributed by atoms with Crippen LogP contribution in [-0.4, -0.2) is 0 Å². The maximum Gasteiger partial charge on any atom is -0.0297 e. The van der Waals surface area contributed by atoms with Gasteiger partial charge < -0.3 is 0 Å². The fraction of sp³-hybridized carbons (Fsp3) is 0.909. The summed E-state index contributed by atoms with van der Waals surface area (Å²) in [6, 6.07) is 0. The Bertz CT molecular complexity index is 121. The Morgan fingerprint density at radius 2 is 1.45 bits per heavy atom. The van der Waals surface area contributed by atoms with Gasteiger partial charge in [0.25, 0.3) is 0 Å². The SMILES string of the molecule is [CH2]C1CCC2(CCCC2)CC1. The van der Waals surface area contributed by atoms with Crippen LogP contribution in [0.15, 0.2) is 0 Å². The van der Waals surface area contributed by atoms with Crippen molar-refractivity contribution < 1.29 is 0 Å². The Labute approximate surface area is 70.4 Å². The molecule has 11 heavy (non-hydrogen) atoms. The molecule has 0 aliphatic heterocycles. The van der Waals surface area contributed by atoms with Crippen molar-refractivity contribution in [3.63, 3.8) is 0 Å². The maximum absolute atomic E-state index is 4.15. The molecule has 0 N–H and O–H groups in total. The van der Waals surface area contributed by atoms with Gasteiger partial charge in [-0.05, 0) is 49.9 Å². The van der Waals surface area contributed by atoms with Crippen LogP contribution < -0.4 is 0 Å². The fourth-order valence-electron chi connectivity index (χ4n) is 2.91. The second-order valence-corrected chi connectivity index (χ2v) is 4.65. The lowest BCUT2D eigenvalue weighted by molar-refractivity contribution is 0.172. The summed E-state index contributed by atoms with van der Waals surface area (Å²) < 4.78 is 0. The Morgan fingerprint density at radius 1 is 0.909 bits per heavy atom. The van der Waals surface area contributed by atoms with E-state index in [2.05, 4.69) is 6.92 Å². The van der Waals surface area contributed by atoms with E-state index in [1.165, 1.54) is 51.4 Å². The van der Waals surface area contributed by atoms with Crippen molar-refractivity contribution in [1.82, 2.24) is 0 Å². The molecule has 2 fully saturated rings. The molecule has 0 amide bonds.